The zero-order chi connectivity index (χ0) is 24.9. The Hall–Kier alpha value is -3.99. The second kappa shape index (κ2) is 8.66. The maximum atomic E-state index is 13.6. The molecule has 174 valence electrons. The Bertz CT molecular complexity index is 1600. The van der Waals surface area contributed by atoms with Crippen molar-refractivity contribution < 1.29 is 23.1 Å². The lowest BCUT2D eigenvalue weighted by atomic mass is 9.83. The van der Waals surface area contributed by atoms with Crippen LogP contribution in [0.4, 0.5) is 4.39 Å². The smallest absolute Gasteiger partial charge is 0.379 e. The molecule has 0 spiro atoms. The molecule has 0 amide bonds. The number of halogens is 3. The lowest BCUT2D eigenvalue weighted by molar-refractivity contribution is 0.0702. The topological polar surface area (TPSA) is 98.5 Å². The van der Waals surface area contributed by atoms with Gasteiger partial charge in [0, 0.05) is 32.6 Å². The monoisotopic (exact) mass is 508 g/mol. The van der Waals surface area contributed by atoms with Crippen LogP contribution in [0, 0.1) is 24.1 Å². The predicted molar refractivity (Wildman–Crippen MR) is 128 cm³/mol. The molecule has 1 aromatic heterocycles. The number of furan rings is 1. The molecule has 35 heavy (non-hydrogen) atoms. The third kappa shape index (κ3) is 3.97. The van der Waals surface area contributed by atoms with Crippen molar-refractivity contribution in [2.75, 3.05) is 0 Å². The van der Waals surface area contributed by atoms with Crippen molar-refractivity contribution in [1.29, 1.82) is 5.26 Å². The van der Waals surface area contributed by atoms with Crippen molar-refractivity contribution in [1.82, 2.24) is 0 Å². The molecule has 1 aliphatic heterocycles. The van der Waals surface area contributed by atoms with E-state index in [1.165, 1.54) is 24.3 Å². The molecule has 0 aliphatic carbocycles. The molecule has 1 aliphatic rings. The van der Waals surface area contributed by atoms with Crippen LogP contribution < -0.4 is 15.2 Å². The summed E-state index contributed by atoms with van der Waals surface area (Å²) in [5.41, 5.74) is 8.29. The Kier molecular flexibility index (Phi) is 5.64. The van der Waals surface area contributed by atoms with E-state index in [4.69, 9.17) is 42.8 Å². The van der Waals surface area contributed by atoms with Gasteiger partial charge in [-0.1, -0.05) is 35.3 Å². The largest absolute Gasteiger partial charge is 0.449 e. The zero-order valence-electron chi connectivity index (χ0n) is 18.1. The van der Waals surface area contributed by atoms with Crippen molar-refractivity contribution in [3.8, 4) is 17.6 Å². The quantitative estimate of drug-likeness (QED) is 0.246. The van der Waals surface area contributed by atoms with E-state index in [1.54, 1.807) is 37.3 Å². The fourth-order valence-electron chi connectivity index (χ4n) is 4.10. The summed E-state index contributed by atoms with van der Waals surface area (Å²) >= 11 is 12.5. The first kappa shape index (κ1) is 22.8. The lowest BCUT2D eigenvalue weighted by Gasteiger charge is -2.27. The van der Waals surface area contributed by atoms with Gasteiger partial charge in [-0.3, -0.25) is 0 Å². The first-order chi connectivity index (χ1) is 16.8. The molecule has 0 bridgehead atoms. The molecule has 0 saturated carbocycles. The summed E-state index contributed by atoms with van der Waals surface area (Å²) in [7, 11) is 0. The number of hydrogen-bond donors (Lipinski definition) is 1. The number of nitrogens with two attached hydrogens (primary N) is 1. The Labute approximate surface area is 208 Å². The summed E-state index contributed by atoms with van der Waals surface area (Å²) in [4.78, 5) is 12.8. The van der Waals surface area contributed by atoms with Crippen molar-refractivity contribution in [3.05, 3.63) is 104 Å². The third-order valence-electron chi connectivity index (χ3n) is 5.76. The molecule has 0 radical (unpaired) electrons. The van der Waals surface area contributed by atoms with Gasteiger partial charge >= 0.3 is 5.97 Å². The van der Waals surface area contributed by atoms with Crippen LogP contribution in [0.5, 0.6) is 11.5 Å². The second-order valence-electron chi connectivity index (χ2n) is 7.88. The molecule has 0 saturated heterocycles. The van der Waals surface area contributed by atoms with Gasteiger partial charge in [-0.2, -0.15) is 5.26 Å². The minimum atomic E-state index is -0.756. The van der Waals surface area contributed by atoms with Gasteiger partial charge < -0.3 is 19.6 Å². The van der Waals surface area contributed by atoms with Gasteiger partial charge in [0.05, 0.1) is 5.92 Å². The number of rotatable bonds is 3. The van der Waals surface area contributed by atoms with Gasteiger partial charge in [-0.15, -0.1) is 0 Å². The summed E-state index contributed by atoms with van der Waals surface area (Å²) in [5.74, 6) is -1.47. The summed E-state index contributed by atoms with van der Waals surface area (Å²) in [6.45, 7) is 1.65. The predicted octanol–water partition coefficient (Wildman–Crippen LogP) is 6.62. The number of ether oxygens (including phenoxy) is 2. The van der Waals surface area contributed by atoms with Crippen molar-refractivity contribution in [2.45, 2.75) is 12.8 Å². The molecule has 4 aromatic rings. The SMILES string of the molecule is Cc1c(C(=O)Oc2ccc3c(c2)OC(N)=C(C#N)C3c2ccc(Cl)cc2Cl)oc2ccc(F)cc12. The number of esters is 1. The molecule has 1 unspecified atom stereocenters. The molecule has 2 heterocycles. The van der Waals surface area contributed by atoms with Gasteiger partial charge in [0.15, 0.2) is 0 Å². The maximum Gasteiger partial charge on any atom is 0.379 e. The van der Waals surface area contributed by atoms with E-state index in [9.17, 15) is 14.4 Å². The number of allylic oxidation sites excluding steroid dienone is 1. The number of hydrogen-bond acceptors (Lipinski definition) is 6. The van der Waals surface area contributed by atoms with Crippen LogP contribution in [0.25, 0.3) is 11.0 Å². The van der Waals surface area contributed by atoms with Crippen LogP contribution in [0.15, 0.2) is 70.5 Å². The molecule has 6 nitrogen and oxygen atoms in total. The maximum absolute atomic E-state index is 13.6. The average Bonchev–Trinajstić information content (AvgIpc) is 3.14. The lowest BCUT2D eigenvalue weighted by Crippen LogP contribution is -2.21. The van der Waals surface area contributed by atoms with Crippen molar-refractivity contribution in [3.63, 3.8) is 0 Å². The van der Waals surface area contributed by atoms with E-state index in [2.05, 4.69) is 6.07 Å². The summed E-state index contributed by atoms with van der Waals surface area (Å²) < 4.78 is 30.4. The van der Waals surface area contributed by atoms with Gasteiger partial charge in [0.2, 0.25) is 11.6 Å². The number of fused-ring (bicyclic) bond motifs is 2. The highest BCUT2D eigenvalue weighted by Gasteiger charge is 2.32. The van der Waals surface area contributed by atoms with E-state index < -0.39 is 17.7 Å². The number of carbonyl (C=O) groups excluding carboxylic acids is 1. The minimum absolute atomic E-state index is 0.0405. The highest BCUT2D eigenvalue weighted by molar-refractivity contribution is 6.35. The van der Waals surface area contributed by atoms with E-state index >= 15 is 0 Å². The molecule has 5 rings (SSSR count). The Morgan fingerprint density at radius 2 is 1.89 bits per heavy atom. The molecule has 1 atom stereocenters. The number of aryl methyl sites for hydroxylation is 1. The Morgan fingerprint density at radius 3 is 2.63 bits per heavy atom. The highest BCUT2D eigenvalue weighted by Crippen LogP contribution is 2.45. The Morgan fingerprint density at radius 1 is 1.11 bits per heavy atom. The fraction of sp³-hybridized carbons (Fsp3) is 0.0769. The summed E-state index contributed by atoms with van der Waals surface area (Å²) in [6.07, 6.45) is 0. The van der Waals surface area contributed by atoms with Gasteiger partial charge in [-0.25, -0.2) is 9.18 Å². The first-order valence-corrected chi connectivity index (χ1v) is 11.1. The summed E-state index contributed by atoms with van der Waals surface area (Å²) in [6, 6.07) is 15.8. The number of benzene rings is 3. The number of carbonyl (C=O) groups is 1. The first-order valence-electron chi connectivity index (χ1n) is 10.3. The Balaban J connectivity index is 1.51. The molecule has 9 heteroatoms. The van der Waals surface area contributed by atoms with Gasteiger partial charge in [0.25, 0.3) is 0 Å². The molecule has 2 N–H and O–H groups in total. The van der Waals surface area contributed by atoms with E-state index in [1.807, 2.05) is 0 Å². The van der Waals surface area contributed by atoms with E-state index in [0.29, 0.717) is 43.5 Å². The molecule has 0 fully saturated rings. The molecular weight excluding hydrogens is 494 g/mol. The van der Waals surface area contributed by atoms with Crippen LogP contribution in [0.2, 0.25) is 10.0 Å². The fourth-order valence-corrected chi connectivity index (χ4v) is 4.61. The number of nitrogens with zero attached hydrogens (tertiary/aromatic N) is 1. The van der Waals surface area contributed by atoms with Gasteiger partial charge in [0.1, 0.15) is 34.5 Å². The highest BCUT2D eigenvalue weighted by atomic mass is 35.5. The molecule has 3 aromatic carbocycles. The van der Waals surface area contributed by atoms with E-state index in [-0.39, 0.29) is 23.0 Å². The van der Waals surface area contributed by atoms with Crippen LogP contribution >= 0.6 is 23.2 Å². The minimum Gasteiger partial charge on any atom is -0.449 e. The second-order valence-corrected chi connectivity index (χ2v) is 8.72. The summed E-state index contributed by atoms with van der Waals surface area (Å²) in [5, 5.41) is 11.0. The van der Waals surface area contributed by atoms with Crippen LogP contribution in [0.1, 0.15) is 33.2 Å². The zero-order valence-corrected chi connectivity index (χ0v) is 19.6. The number of nitriles is 1. The van der Waals surface area contributed by atoms with Crippen molar-refractivity contribution in [2.24, 2.45) is 5.73 Å². The molecular formula is C26H15Cl2FN2O4. The standard InChI is InChI=1S/C26H15Cl2FN2O4/c1-12-18-9-14(29)3-7-21(18)34-24(12)26(32)33-15-4-6-17-22(10-15)35-25(31)19(11-30)23(17)16-5-2-13(27)8-20(16)28/h2-10,23H,31H2,1H3. The average molecular weight is 509 g/mol. The van der Waals surface area contributed by atoms with Gasteiger partial charge in [-0.05, 0) is 48.9 Å². The third-order valence-corrected chi connectivity index (χ3v) is 6.32. The van der Waals surface area contributed by atoms with Crippen LogP contribution in [-0.2, 0) is 0 Å². The van der Waals surface area contributed by atoms with Crippen molar-refractivity contribution >= 4 is 40.1 Å². The van der Waals surface area contributed by atoms with E-state index in [0.717, 1.165) is 0 Å². The van der Waals surface area contributed by atoms with Crippen LogP contribution in [-0.4, -0.2) is 5.97 Å². The van der Waals surface area contributed by atoms with Crippen LogP contribution in [0.3, 0.4) is 0 Å². The normalized spacial score (nSPS) is 14.9.